The summed E-state index contributed by atoms with van der Waals surface area (Å²) in [5, 5.41) is 28.6. The zero-order valence-electron chi connectivity index (χ0n) is 20.5. The third-order valence-electron chi connectivity index (χ3n) is 6.02. The van der Waals surface area contributed by atoms with E-state index in [4.69, 9.17) is 15.3 Å². The van der Waals surface area contributed by atoms with Gasteiger partial charge in [0.2, 0.25) is 5.62 Å². The van der Waals surface area contributed by atoms with Gasteiger partial charge in [0.1, 0.15) is 0 Å². The number of carbonyl (C=O) groups is 2. The molecule has 3 aromatic carbocycles. The lowest BCUT2D eigenvalue weighted by Crippen LogP contribution is -2.28. The zero-order chi connectivity index (χ0) is 26.0. The average Bonchev–Trinajstić information content (AvgIpc) is 3.09. The fourth-order valence-corrected chi connectivity index (χ4v) is 4.21. The van der Waals surface area contributed by atoms with Crippen LogP contribution in [0.5, 0.6) is 11.5 Å². The molecule has 0 saturated carbocycles. The second-order valence-corrected chi connectivity index (χ2v) is 9.70. The molecule has 0 spiro atoms. The van der Waals surface area contributed by atoms with Crippen LogP contribution in [-0.2, 0) is 23.3 Å². The van der Waals surface area contributed by atoms with E-state index in [9.17, 15) is 14.7 Å². The van der Waals surface area contributed by atoms with Gasteiger partial charge in [0, 0.05) is 11.1 Å². The summed E-state index contributed by atoms with van der Waals surface area (Å²) >= 11 is 0. The molecule has 4 rings (SSSR count). The third-order valence-corrected chi connectivity index (χ3v) is 6.02. The Bertz CT molecular complexity index is 1490. The molecule has 0 aliphatic heterocycles. The minimum atomic E-state index is -1.19. The summed E-state index contributed by atoms with van der Waals surface area (Å²) in [4.78, 5) is 24.5. The number of fused-ring (bicyclic) bond motifs is 1. The normalized spacial score (nSPS) is 11.5. The molecular weight excluding hydrogens is 458 g/mol. The minimum Gasteiger partial charge on any atom is -0.504 e. The Morgan fingerprint density at radius 1 is 0.944 bits per heavy atom. The molecule has 0 unspecified atom stereocenters. The summed E-state index contributed by atoms with van der Waals surface area (Å²) in [6, 6.07) is 20.4. The quantitative estimate of drug-likeness (QED) is 0.320. The van der Waals surface area contributed by atoms with Crippen LogP contribution in [0.2, 0.25) is 0 Å². The molecule has 8 heteroatoms. The number of Topliss-reactive ketones (excluding diaryl/α,β-unsaturated/α-hetero) is 1. The molecule has 186 valence electrons. The predicted molar refractivity (Wildman–Crippen MR) is 136 cm³/mol. The number of carbonyl (C=O) groups excluding carboxylic acids is 1. The highest BCUT2D eigenvalue weighted by Crippen LogP contribution is 2.39. The van der Waals surface area contributed by atoms with E-state index in [1.807, 2.05) is 79.9 Å². The Morgan fingerprint density at radius 2 is 1.56 bits per heavy atom. The predicted octanol–water partition coefficient (Wildman–Crippen LogP) is 4.32. The smallest absolute Gasteiger partial charge is 0.341 e. The van der Waals surface area contributed by atoms with E-state index in [0.29, 0.717) is 12.1 Å². The van der Waals surface area contributed by atoms with Gasteiger partial charge in [-0.2, -0.15) is 0 Å². The van der Waals surface area contributed by atoms with Crippen molar-refractivity contribution in [1.29, 1.82) is 5.41 Å². The van der Waals surface area contributed by atoms with Crippen molar-refractivity contribution in [3.05, 3.63) is 89.0 Å². The van der Waals surface area contributed by atoms with E-state index < -0.39 is 18.0 Å². The lowest BCUT2D eigenvalue weighted by molar-refractivity contribution is -0.139. The molecular formula is C28H29N3O5. The van der Waals surface area contributed by atoms with Gasteiger partial charge < -0.3 is 24.1 Å². The van der Waals surface area contributed by atoms with E-state index >= 15 is 0 Å². The Balaban J connectivity index is 1.75. The number of aliphatic carboxylic acids is 1. The summed E-state index contributed by atoms with van der Waals surface area (Å²) in [5.74, 6) is -1.73. The molecule has 0 bridgehead atoms. The second-order valence-electron chi connectivity index (χ2n) is 9.70. The van der Waals surface area contributed by atoms with E-state index in [-0.39, 0.29) is 35.0 Å². The molecule has 36 heavy (non-hydrogen) atoms. The monoisotopic (exact) mass is 487 g/mol. The van der Waals surface area contributed by atoms with Gasteiger partial charge in [0.15, 0.2) is 23.9 Å². The Morgan fingerprint density at radius 3 is 2.17 bits per heavy atom. The van der Waals surface area contributed by atoms with E-state index in [0.717, 1.165) is 16.6 Å². The van der Waals surface area contributed by atoms with Crippen LogP contribution in [0.4, 0.5) is 0 Å². The van der Waals surface area contributed by atoms with Gasteiger partial charge in [-0.3, -0.25) is 10.2 Å². The topological polar surface area (TPSA) is 118 Å². The molecule has 0 aliphatic rings. The van der Waals surface area contributed by atoms with Crippen LogP contribution in [0, 0.1) is 5.41 Å². The van der Waals surface area contributed by atoms with Crippen LogP contribution >= 0.6 is 0 Å². The first-order valence-electron chi connectivity index (χ1n) is 11.6. The number of phenolic OH excluding ortho intramolecular Hbond substituents is 1. The summed E-state index contributed by atoms with van der Waals surface area (Å²) in [5.41, 5.74) is 3.03. The van der Waals surface area contributed by atoms with E-state index in [1.165, 1.54) is 6.07 Å². The highest BCUT2D eigenvalue weighted by atomic mass is 16.5. The number of aromatic hydroxyl groups is 1. The van der Waals surface area contributed by atoms with Crippen LogP contribution in [-0.4, -0.2) is 37.7 Å². The fourth-order valence-electron chi connectivity index (χ4n) is 4.21. The molecule has 0 atom stereocenters. The summed E-state index contributed by atoms with van der Waals surface area (Å²) in [6.45, 7) is 5.38. The number of rotatable bonds is 8. The Labute approximate surface area is 208 Å². The third kappa shape index (κ3) is 5.02. The lowest BCUT2D eigenvalue weighted by Gasteiger charge is -2.23. The van der Waals surface area contributed by atoms with Gasteiger partial charge in [0.25, 0.3) is 0 Å². The number of ketones is 1. The highest BCUT2D eigenvalue weighted by Gasteiger charge is 2.25. The fraction of sp³-hybridized carbons (Fsp3) is 0.250. The van der Waals surface area contributed by atoms with Crippen molar-refractivity contribution in [2.24, 2.45) is 0 Å². The Hall–Kier alpha value is -4.33. The summed E-state index contributed by atoms with van der Waals surface area (Å²) in [6.07, 6.45) is 0. The van der Waals surface area contributed by atoms with Gasteiger partial charge in [0.05, 0.1) is 24.1 Å². The zero-order valence-corrected chi connectivity index (χ0v) is 20.5. The summed E-state index contributed by atoms with van der Waals surface area (Å²) < 4.78 is 8.80. The van der Waals surface area contributed by atoms with Crippen LogP contribution < -0.4 is 10.4 Å². The molecule has 0 amide bonds. The molecule has 0 aliphatic carbocycles. The molecule has 1 heterocycles. The second kappa shape index (κ2) is 9.73. The highest BCUT2D eigenvalue weighted by molar-refractivity contribution is 5.97. The first-order valence-corrected chi connectivity index (χ1v) is 11.6. The number of ether oxygens (including phenoxy) is 1. The number of para-hydroxylation sites is 2. The molecule has 8 nitrogen and oxygen atoms in total. The van der Waals surface area contributed by atoms with Crippen molar-refractivity contribution in [1.82, 2.24) is 9.13 Å². The maximum absolute atomic E-state index is 13.5. The number of imidazole rings is 1. The molecule has 0 saturated heterocycles. The van der Waals surface area contributed by atoms with E-state index in [2.05, 4.69) is 0 Å². The number of benzene rings is 3. The number of hydrogen-bond donors (Lipinski definition) is 3. The molecule has 1 aromatic heterocycles. The first kappa shape index (κ1) is 24.8. The number of aromatic nitrogens is 2. The van der Waals surface area contributed by atoms with Crippen LogP contribution in [0.3, 0.4) is 0 Å². The van der Waals surface area contributed by atoms with Crippen molar-refractivity contribution in [3.8, 4) is 11.5 Å². The first-order chi connectivity index (χ1) is 17.1. The largest absolute Gasteiger partial charge is 0.504 e. The van der Waals surface area contributed by atoms with Crippen molar-refractivity contribution in [2.45, 2.75) is 39.3 Å². The van der Waals surface area contributed by atoms with Gasteiger partial charge >= 0.3 is 5.97 Å². The Kier molecular flexibility index (Phi) is 6.70. The maximum Gasteiger partial charge on any atom is 0.341 e. The van der Waals surface area contributed by atoms with Crippen LogP contribution in [0.25, 0.3) is 11.0 Å². The number of carboxylic acid groups (broad SMARTS) is 1. The standard InChI is InChI=1S/C28H29N3O5/c1-28(2,3)20-13-19(14-24(26(20)35)36-17-25(33)34)23(32)16-31-22-12-8-7-11-21(22)30(27(31)29)15-18-9-5-4-6-10-18/h4-14,29,35H,15-17H2,1-3H3,(H,33,34). The molecule has 4 aromatic rings. The van der Waals surface area contributed by atoms with Gasteiger partial charge in [-0.25, -0.2) is 4.79 Å². The van der Waals surface area contributed by atoms with Gasteiger partial charge in [-0.05, 0) is 35.2 Å². The van der Waals surface area contributed by atoms with Crippen molar-refractivity contribution >= 4 is 22.8 Å². The van der Waals surface area contributed by atoms with Crippen molar-refractivity contribution in [2.75, 3.05) is 6.61 Å². The SMILES string of the molecule is CC(C)(C)c1cc(C(=O)Cn2c(=N)n(Cc3ccccc3)c3ccccc32)cc(OCC(=O)O)c1O. The molecule has 3 N–H and O–H groups in total. The van der Waals surface area contributed by atoms with Gasteiger partial charge in [-0.1, -0.05) is 63.2 Å². The number of nitrogens with one attached hydrogen (secondary N) is 1. The number of carboxylic acids is 1. The number of hydrogen-bond acceptors (Lipinski definition) is 5. The molecule has 0 radical (unpaired) electrons. The minimum absolute atomic E-state index is 0.0595. The van der Waals surface area contributed by atoms with Gasteiger partial charge in [-0.15, -0.1) is 0 Å². The number of nitrogens with zero attached hydrogens (tertiary/aromatic N) is 2. The molecule has 0 fully saturated rings. The van der Waals surface area contributed by atoms with Crippen LogP contribution in [0.1, 0.15) is 42.3 Å². The van der Waals surface area contributed by atoms with Crippen molar-refractivity contribution < 1.29 is 24.5 Å². The summed E-state index contributed by atoms with van der Waals surface area (Å²) in [7, 11) is 0. The number of phenols is 1. The van der Waals surface area contributed by atoms with Crippen molar-refractivity contribution in [3.63, 3.8) is 0 Å². The van der Waals surface area contributed by atoms with E-state index in [1.54, 1.807) is 10.6 Å². The lowest BCUT2D eigenvalue weighted by atomic mass is 9.84. The maximum atomic E-state index is 13.5. The van der Waals surface area contributed by atoms with Crippen LogP contribution in [0.15, 0.2) is 66.7 Å². The average molecular weight is 488 g/mol.